The number of benzene rings is 1. The van der Waals surface area contributed by atoms with Crippen LogP contribution in [0, 0.1) is 0 Å². The molecule has 0 aliphatic carbocycles. The molecular formula is C11H14BrClO2S. The lowest BCUT2D eigenvalue weighted by molar-refractivity contribution is 0.595. The lowest BCUT2D eigenvalue weighted by Gasteiger charge is -2.14. The van der Waals surface area contributed by atoms with Crippen molar-refractivity contribution in [3.63, 3.8) is 0 Å². The highest BCUT2D eigenvalue weighted by atomic mass is 79.9. The van der Waals surface area contributed by atoms with Gasteiger partial charge in [0, 0.05) is 16.6 Å². The van der Waals surface area contributed by atoms with Gasteiger partial charge in [-0.2, -0.15) is 0 Å². The van der Waals surface area contributed by atoms with Crippen LogP contribution in [-0.2, 0) is 9.84 Å². The number of hydrogen-bond donors (Lipinski definition) is 0. The number of hydrogen-bond acceptors (Lipinski definition) is 2. The fourth-order valence-electron chi connectivity index (χ4n) is 1.45. The molecule has 90 valence electrons. The number of alkyl halides is 1. The van der Waals surface area contributed by atoms with Crippen molar-refractivity contribution >= 4 is 37.4 Å². The fourth-order valence-corrected chi connectivity index (χ4v) is 3.06. The zero-order valence-corrected chi connectivity index (χ0v) is 12.1. The molecule has 1 atom stereocenters. The van der Waals surface area contributed by atoms with Gasteiger partial charge in [-0.05, 0) is 30.0 Å². The zero-order valence-electron chi connectivity index (χ0n) is 8.99. The van der Waals surface area contributed by atoms with Crippen molar-refractivity contribution in [1.29, 1.82) is 0 Å². The van der Waals surface area contributed by atoms with E-state index >= 15 is 0 Å². The molecule has 0 heterocycles. The van der Waals surface area contributed by atoms with E-state index in [9.17, 15) is 8.42 Å². The third-order valence-corrected chi connectivity index (χ3v) is 4.34. The van der Waals surface area contributed by atoms with Gasteiger partial charge < -0.3 is 0 Å². The van der Waals surface area contributed by atoms with Gasteiger partial charge in [0.1, 0.15) is 9.84 Å². The van der Waals surface area contributed by atoms with Crippen LogP contribution in [0.3, 0.4) is 0 Å². The maximum atomic E-state index is 11.1. The summed E-state index contributed by atoms with van der Waals surface area (Å²) >= 11 is 9.31. The van der Waals surface area contributed by atoms with Gasteiger partial charge in [-0.1, -0.05) is 39.7 Å². The SMILES string of the molecule is CS(=O)(=O)CCC(CBr)c1cccc(Cl)c1. The van der Waals surface area contributed by atoms with Gasteiger partial charge in [0.05, 0.1) is 5.75 Å². The first-order valence-corrected chi connectivity index (χ1v) is 8.47. The maximum Gasteiger partial charge on any atom is 0.147 e. The monoisotopic (exact) mass is 324 g/mol. The molecule has 1 aromatic carbocycles. The zero-order chi connectivity index (χ0) is 12.2. The Morgan fingerprint density at radius 3 is 2.62 bits per heavy atom. The van der Waals surface area contributed by atoms with Crippen LogP contribution in [-0.4, -0.2) is 25.8 Å². The lowest BCUT2D eigenvalue weighted by atomic mass is 9.99. The van der Waals surface area contributed by atoms with Crippen molar-refractivity contribution in [2.75, 3.05) is 17.3 Å². The smallest absolute Gasteiger partial charge is 0.147 e. The molecule has 0 fully saturated rings. The summed E-state index contributed by atoms with van der Waals surface area (Å²) in [5.41, 5.74) is 1.08. The van der Waals surface area contributed by atoms with Gasteiger partial charge in [0.2, 0.25) is 0 Å². The first-order valence-electron chi connectivity index (χ1n) is 4.91. The van der Waals surface area contributed by atoms with Crippen molar-refractivity contribution in [1.82, 2.24) is 0 Å². The summed E-state index contributed by atoms with van der Waals surface area (Å²) in [4.78, 5) is 0. The van der Waals surface area contributed by atoms with Crippen molar-refractivity contribution < 1.29 is 8.42 Å². The van der Waals surface area contributed by atoms with Crippen LogP contribution in [0.15, 0.2) is 24.3 Å². The minimum atomic E-state index is -2.90. The van der Waals surface area contributed by atoms with E-state index in [4.69, 9.17) is 11.6 Å². The largest absolute Gasteiger partial charge is 0.229 e. The van der Waals surface area contributed by atoms with Crippen molar-refractivity contribution in [2.45, 2.75) is 12.3 Å². The van der Waals surface area contributed by atoms with Crippen molar-refractivity contribution in [3.8, 4) is 0 Å². The van der Waals surface area contributed by atoms with E-state index in [-0.39, 0.29) is 11.7 Å². The van der Waals surface area contributed by atoms with Gasteiger partial charge in [-0.25, -0.2) is 8.42 Å². The standard InChI is InChI=1S/C11H14BrClO2S/c1-16(14,15)6-5-10(8-12)9-3-2-4-11(13)7-9/h2-4,7,10H,5-6,8H2,1H3. The topological polar surface area (TPSA) is 34.1 Å². The van der Waals surface area contributed by atoms with Crippen LogP contribution in [0.2, 0.25) is 5.02 Å². The van der Waals surface area contributed by atoms with E-state index in [1.54, 1.807) is 0 Å². The Hall–Kier alpha value is -0.0600. The van der Waals surface area contributed by atoms with Gasteiger partial charge in [-0.15, -0.1) is 0 Å². The second-order valence-electron chi connectivity index (χ2n) is 3.82. The Kier molecular flexibility index (Phi) is 5.28. The lowest BCUT2D eigenvalue weighted by Crippen LogP contribution is -2.09. The molecule has 0 aliphatic heterocycles. The van der Waals surface area contributed by atoms with E-state index in [2.05, 4.69) is 15.9 Å². The van der Waals surface area contributed by atoms with Crippen LogP contribution >= 0.6 is 27.5 Å². The normalized spacial score (nSPS) is 13.7. The highest BCUT2D eigenvalue weighted by Gasteiger charge is 2.13. The average molecular weight is 326 g/mol. The highest BCUT2D eigenvalue weighted by Crippen LogP contribution is 2.24. The molecule has 1 unspecified atom stereocenters. The second kappa shape index (κ2) is 6.03. The van der Waals surface area contributed by atoms with Crippen molar-refractivity contribution in [3.05, 3.63) is 34.9 Å². The summed E-state index contributed by atoms with van der Waals surface area (Å²) < 4.78 is 22.2. The van der Waals surface area contributed by atoms with E-state index in [1.165, 1.54) is 6.26 Å². The molecule has 0 bridgehead atoms. The van der Waals surface area contributed by atoms with Crippen LogP contribution < -0.4 is 0 Å². The molecule has 16 heavy (non-hydrogen) atoms. The first-order chi connectivity index (χ1) is 7.42. The van der Waals surface area contributed by atoms with Crippen molar-refractivity contribution in [2.24, 2.45) is 0 Å². The third kappa shape index (κ3) is 4.85. The summed E-state index contributed by atoms with van der Waals surface area (Å²) in [5.74, 6) is 0.393. The minimum absolute atomic E-state index is 0.188. The molecule has 0 saturated heterocycles. The number of halogens is 2. The third-order valence-electron chi connectivity index (χ3n) is 2.34. The fraction of sp³-hybridized carbons (Fsp3) is 0.455. The Bertz CT molecular complexity index is 445. The van der Waals surface area contributed by atoms with Gasteiger partial charge >= 0.3 is 0 Å². The van der Waals surface area contributed by atoms with Crippen LogP contribution in [0.5, 0.6) is 0 Å². The molecule has 0 spiro atoms. The summed E-state index contributed by atoms with van der Waals surface area (Å²) in [5, 5.41) is 1.42. The quantitative estimate of drug-likeness (QED) is 0.779. The Labute approximate surface area is 110 Å². The Balaban J connectivity index is 2.75. The molecule has 0 amide bonds. The second-order valence-corrected chi connectivity index (χ2v) is 7.17. The Morgan fingerprint density at radius 1 is 1.44 bits per heavy atom. The molecule has 0 aliphatic rings. The molecule has 0 radical (unpaired) electrons. The van der Waals surface area contributed by atoms with E-state index in [0.717, 1.165) is 10.9 Å². The summed E-state index contributed by atoms with van der Waals surface area (Å²) in [6, 6.07) is 7.55. The van der Waals surface area contributed by atoms with Gasteiger partial charge in [0.25, 0.3) is 0 Å². The predicted octanol–water partition coefficient (Wildman–Crippen LogP) is 3.25. The van der Waals surface area contributed by atoms with Crippen LogP contribution in [0.4, 0.5) is 0 Å². The summed E-state index contributed by atoms with van der Waals surface area (Å²) in [6.45, 7) is 0. The molecule has 0 N–H and O–H groups in total. The van der Waals surface area contributed by atoms with Crippen LogP contribution in [0.25, 0.3) is 0 Å². The molecular weight excluding hydrogens is 312 g/mol. The highest BCUT2D eigenvalue weighted by molar-refractivity contribution is 9.09. The maximum absolute atomic E-state index is 11.1. The first kappa shape index (κ1) is 14.0. The predicted molar refractivity (Wildman–Crippen MR) is 72.3 cm³/mol. The molecule has 5 heteroatoms. The molecule has 2 nitrogen and oxygen atoms in total. The molecule has 1 aromatic rings. The van der Waals surface area contributed by atoms with E-state index in [0.29, 0.717) is 11.4 Å². The minimum Gasteiger partial charge on any atom is -0.229 e. The van der Waals surface area contributed by atoms with Crippen LogP contribution in [0.1, 0.15) is 17.9 Å². The molecule has 0 saturated carbocycles. The average Bonchev–Trinajstić information content (AvgIpc) is 2.17. The van der Waals surface area contributed by atoms with Gasteiger partial charge in [-0.3, -0.25) is 0 Å². The number of rotatable bonds is 5. The molecule has 0 aromatic heterocycles. The van der Waals surface area contributed by atoms with Gasteiger partial charge in [0.15, 0.2) is 0 Å². The molecule has 1 rings (SSSR count). The van der Waals surface area contributed by atoms with E-state index in [1.807, 2.05) is 24.3 Å². The summed E-state index contributed by atoms with van der Waals surface area (Å²) in [7, 11) is -2.90. The number of sulfone groups is 1. The summed E-state index contributed by atoms with van der Waals surface area (Å²) in [6.07, 6.45) is 1.88. The Morgan fingerprint density at radius 2 is 2.12 bits per heavy atom. The van der Waals surface area contributed by atoms with E-state index < -0.39 is 9.84 Å².